The number of nitro benzene ring substituents is 4. The molecule has 0 fully saturated rings. The average Bonchev–Trinajstić information content (AvgIpc) is 2.66. The van der Waals surface area contributed by atoms with Crippen LogP contribution < -0.4 is 4.74 Å². The van der Waals surface area contributed by atoms with Crippen LogP contribution in [0.2, 0.25) is 0 Å². The van der Waals surface area contributed by atoms with Gasteiger partial charge >= 0.3 is 34.7 Å². The second kappa shape index (κ2) is 8.03. The maximum Gasteiger partial charge on any atom is 0.344 e. The lowest BCUT2D eigenvalue weighted by Gasteiger charge is -2.07. The van der Waals surface area contributed by atoms with Crippen molar-refractivity contribution in [1.82, 2.24) is 0 Å². The first-order valence-electron chi connectivity index (χ1n) is 7.43. The lowest BCUT2D eigenvalue weighted by atomic mass is 10.1. The molecule has 0 unspecified atom stereocenters. The smallest absolute Gasteiger partial charge is 0.344 e. The van der Waals surface area contributed by atoms with E-state index in [0.717, 1.165) is 0 Å². The standard InChI is InChI=1S/C14H6N4O13/c19-11-7(15(23)24)3-6(4-8(11)16(25)26)14(22)31-12-9(17(27)28)1-5(13(20)21)2-10(12)18(29)30/h1-4,19H,(H,20,21). The molecule has 0 aliphatic rings. The highest BCUT2D eigenvalue weighted by atomic mass is 16.6. The van der Waals surface area contributed by atoms with Gasteiger partial charge in [-0.1, -0.05) is 0 Å². The summed E-state index contributed by atoms with van der Waals surface area (Å²) in [6, 6.07) is 1.40. The van der Waals surface area contributed by atoms with Crippen LogP contribution in [0, 0.1) is 40.5 Å². The molecule has 0 radical (unpaired) electrons. The first-order chi connectivity index (χ1) is 14.3. The van der Waals surface area contributed by atoms with Crippen molar-refractivity contribution in [2.75, 3.05) is 0 Å². The number of phenolic OH excluding ortho intramolecular Hbond substituents is 1. The molecule has 0 aliphatic carbocycles. The van der Waals surface area contributed by atoms with E-state index in [1.807, 2.05) is 0 Å². The number of hydrogen-bond donors (Lipinski definition) is 2. The fourth-order valence-electron chi connectivity index (χ4n) is 2.25. The number of aromatic hydroxyl groups is 1. The van der Waals surface area contributed by atoms with Gasteiger partial charge in [-0.3, -0.25) is 40.5 Å². The van der Waals surface area contributed by atoms with Crippen molar-refractivity contribution in [2.45, 2.75) is 0 Å². The summed E-state index contributed by atoms with van der Waals surface area (Å²) >= 11 is 0. The zero-order valence-electron chi connectivity index (χ0n) is 14.5. The van der Waals surface area contributed by atoms with Crippen molar-refractivity contribution in [3.05, 3.63) is 75.8 Å². The third-order valence-corrected chi connectivity index (χ3v) is 3.58. The van der Waals surface area contributed by atoms with Crippen LogP contribution in [0.4, 0.5) is 22.7 Å². The van der Waals surface area contributed by atoms with E-state index >= 15 is 0 Å². The van der Waals surface area contributed by atoms with Crippen LogP contribution in [-0.2, 0) is 0 Å². The van der Waals surface area contributed by atoms with Crippen molar-refractivity contribution in [1.29, 1.82) is 0 Å². The zero-order valence-corrected chi connectivity index (χ0v) is 14.5. The van der Waals surface area contributed by atoms with E-state index in [1.54, 1.807) is 0 Å². The van der Waals surface area contributed by atoms with E-state index in [-0.39, 0.29) is 0 Å². The van der Waals surface area contributed by atoms with Crippen LogP contribution >= 0.6 is 0 Å². The van der Waals surface area contributed by atoms with E-state index in [2.05, 4.69) is 4.74 Å². The Morgan fingerprint density at radius 1 is 0.710 bits per heavy atom. The van der Waals surface area contributed by atoms with Crippen LogP contribution in [0.25, 0.3) is 0 Å². The van der Waals surface area contributed by atoms with Gasteiger partial charge in [-0.2, -0.15) is 0 Å². The molecule has 160 valence electrons. The van der Waals surface area contributed by atoms with Gasteiger partial charge in [-0.15, -0.1) is 0 Å². The predicted octanol–water partition coefficient (Wildman–Crippen LogP) is 1.94. The molecule has 0 saturated carbocycles. The van der Waals surface area contributed by atoms with E-state index in [4.69, 9.17) is 5.11 Å². The molecule has 0 atom stereocenters. The predicted molar refractivity (Wildman–Crippen MR) is 93.1 cm³/mol. The average molecular weight is 438 g/mol. The maximum atomic E-state index is 12.3. The number of carbonyl (C=O) groups is 2. The molecule has 0 aromatic heterocycles. The molecule has 2 aromatic carbocycles. The highest BCUT2D eigenvalue weighted by Gasteiger charge is 2.34. The van der Waals surface area contributed by atoms with Gasteiger partial charge in [0.1, 0.15) is 0 Å². The van der Waals surface area contributed by atoms with Gasteiger partial charge in [0.2, 0.25) is 0 Å². The molecule has 2 aromatic rings. The van der Waals surface area contributed by atoms with Gasteiger partial charge < -0.3 is 14.9 Å². The van der Waals surface area contributed by atoms with Crippen molar-refractivity contribution < 1.29 is 44.2 Å². The number of esters is 1. The molecule has 0 aliphatic heterocycles. The summed E-state index contributed by atoms with van der Waals surface area (Å²) in [4.78, 5) is 62.6. The number of benzene rings is 2. The van der Waals surface area contributed by atoms with Gasteiger partial charge in [0, 0.05) is 24.3 Å². The summed E-state index contributed by atoms with van der Waals surface area (Å²) in [5.41, 5.74) is -7.01. The number of nitrogens with zero attached hydrogens (tertiary/aromatic N) is 4. The van der Waals surface area contributed by atoms with Crippen LogP contribution in [0.3, 0.4) is 0 Å². The normalized spacial score (nSPS) is 10.2. The Morgan fingerprint density at radius 2 is 1.06 bits per heavy atom. The summed E-state index contributed by atoms with van der Waals surface area (Å²) in [6.45, 7) is 0. The van der Waals surface area contributed by atoms with Crippen LogP contribution in [0.15, 0.2) is 24.3 Å². The first kappa shape index (κ1) is 22.1. The third-order valence-electron chi connectivity index (χ3n) is 3.58. The summed E-state index contributed by atoms with van der Waals surface area (Å²) < 4.78 is 4.59. The second-order valence-electron chi connectivity index (χ2n) is 5.43. The molecule has 17 heteroatoms. The van der Waals surface area contributed by atoms with Gasteiger partial charge in [0.25, 0.3) is 11.5 Å². The summed E-state index contributed by atoms with van der Waals surface area (Å²) in [5, 5.41) is 62.8. The fraction of sp³-hybridized carbons (Fsp3) is 0. The minimum Gasteiger partial charge on any atom is -0.497 e. The Bertz CT molecular complexity index is 1120. The highest BCUT2D eigenvalue weighted by Crippen LogP contribution is 2.40. The number of hydrogen-bond acceptors (Lipinski definition) is 12. The summed E-state index contributed by atoms with van der Waals surface area (Å²) in [6.07, 6.45) is 0. The lowest BCUT2D eigenvalue weighted by Crippen LogP contribution is -2.13. The Labute approximate surface area is 167 Å². The minimum atomic E-state index is -1.77. The number of nitro groups is 4. The van der Waals surface area contributed by atoms with Crippen molar-refractivity contribution >= 4 is 34.7 Å². The largest absolute Gasteiger partial charge is 0.497 e. The number of ether oxygens (including phenoxy) is 1. The Morgan fingerprint density at radius 3 is 1.39 bits per heavy atom. The number of carboxylic acids is 1. The van der Waals surface area contributed by atoms with E-state index < -0.39 is 77.0 Å². The van der Waals surface area contributed by atoms with Gasteiger partial charge in [0.15, 0.2) is 0 Å². The van der Waals surface area contributed by atoms with Crippen molar-refractivity contribution in [3.63, 3.8) is 0 Å². The molecular formula is C14H6N4O13. The molecule has 31 heavy (non-hydrogen) atoms. The molecule has 0 bridgehead atoms. The molecule has 17 nitrogen and oxygen atoms in total. The topological polar surface area (TPSA) is 256 Å². The number of phenols is 1. The lowest BCUT2D eigenvalue weighted by molar-refractivity contribution is -0.396. The Kier molecular flexibility index (Phi) is 5.72. The summed E-state index contributed by atoms with van der Waals surface area (Å²) in [5.74, 6) is -6.22. The number of carboxylic acid groups (broad SMARTS) is 1. The SMILES string of the molecule is O=C(O)c1cc([N+](=O)[O-])c(OC(=O)c2cc([N+](=O)[O-])c(O)c([N+](=O)[O-])c2)c([N+](=O)[O-])c1. The molecule has 0 amide bonds. The van der Waals surface area contributed by atoms with E-state index in [1.165, 1.54) is 0 Å². The summed E-state index contributed by atoms with van der Waals surface area (Å²) in [7, 11) is 0. The first-order valence-corrected chi connectivity index (χ1v) is 7.43. The van der Waals surface area contributed by atoms with Gasteiger partial charge in [-0.25, -0.2) is 9.59 Å². The maximum absolute atomic E-state index is 12.3. The molecule has 0 saturated heterocycles. The Hall–Kier alpha value is -5.22. The third kappa shape index (κ3) is 4.29. The van der Waals surface area contributed by atoms with Gasteiger partial charge in [-0.05, 0) is 0 Å². The Balaban J connectivity index is 2.69. The van der Waals surface area contributed by atoms with Crippen molar-refractivity contribution in [3.8, 4) is 11.5 Å². The molecular weight excluding hydrogens is 432 g/mol. The fourth-order valence-corrected chi connectivity index (χ4v) is 2.25. The van der Waals surface area contributed by atoms with E-state index in [9.17, 15) is 55.2 Å². The highest BCUT2D eigenvalue weighted by molar-refractivity contribution is 5.96. The zero-order chi connectivity index (χ0) is 23.6. The number of rotatable bonds is 7. The monoisotopic (exact) mass is 438 g/mol. The molecule has 0 heterocycles. The second-order valence-corrected chi connectivity index (χ2v) is 5.43. The van der Waals surface area contributed by atoms with Gasteiger partial charge in [0.05, 0.1) is 30.8 Å². The number of aromatic carboxylic acids is 1. The van der Waals surface area contributed by atoms with Crippen LogP contribution in [-0.4, -0.2) is 41.8 Å². The van der Waals surface area contributed by atoms with E-state index in [0.29, 0.717) is 24.3 Å². The van der Waals surface area contributed by atoms with Crippen molar-refractivity contribution in [2.24, 2.45) is 0 Å². The minimum absolute atomic E-state index is 0.341. The molecule has 0 spiro atoms. The molecule has 2 rings (SSSR count). The van der Waals surface area contributed by atoms with Crippen LogP contribution in [0.1, 0.15) is 20.7 Å². The quantitative estimate of drug-likeness (QED) is 0.271. The molecule has 2 N–H and O–H groups in total. The van der Waals surface area contributed by atoms with Crippen LogP contribution in [0.5, 0.6) is 11.5 Å². The number of carbonyl (C=O) groups excluding carboxylic acids is 1.